The van der Waals surface area contributed by atoms with E-state index in [1.54, 1.807) is 0 Å². The summed E-state index contributed by atoms with van der Waals surface area (Å²) in [6.45, 7) is 0. The number of hydrogen-bond acceptors (Lipinski definition) is 1. The summed E-state index contributed by atoms with van der Waals surface area (Å²) in [4.78, 5) is 0. The van der Waals surface area contributed by atoms with E-state index in [0.717, 1.165) is 0 Å². The molecule has 0 saturated carbocycles. The molecular formula is F2MoO. The maximum absolute atomic E-state index is 9.12. The van der Waals surface area contributed by atoms with Gasteiger partial charge >= 0.3 is 0 Å². The molecule has 0 aliphatic rings. The molecule has 0 aromatic heterocycles. The number of rotatable bonds is 0. The van der Waals surface area contributed by atoms with Crippen molar-refractivity contribution >= 4 is 0 Å². The van der Waals surface area contributed by atoms with Crippen LogP contribution in [0.2, 0.25) is 0 Å². The Balaban J connectivity index is 0. The zero-order chi connectivity index (χ0) is 2.71. The molecule has 0 bridgehead atoms. The van der Waals surface area contributed by atoms with Crippen molar-refractivity contribution in [1.29, 1.82) is 0 Å². The molecule has 0 aromatic carbocycles. The van der Waals surface area contributed by atoms with E-state index in [9.17, 15) is 0 Å². The third-order valence-electron chi connectivity index (χ3n) is 0. The first-order valence-corrected chi connectivity index (χ1v) is 0.309. The van der Waals surface area contributed by atoms with Crippen LogP contribution < -0.4 is 0 Å². The second kappa shape index (κ2) is 9.70. The fourth-order valence-electron chi connectivity index (χ4n) is 0. The van der Waals surface area contributed by atoms with Crippen LogP contribution in [0.1, 0.15) is 0 Å². The molecule has 0 aliphatic heterocycles. The van der Waals surface area contributed by atoms with Crippen LogP contribution in [0.15, 0.2) is 0 Å². The smallest absolute Gasteiger partial charge is 0.0104 e. The molecule has 1 nitrogen and oxygen atoms in total. The summed E-state index contributed by atoms with van der Waals surface area (Å²) in [6.07, 6.45) is 0. The molecule has 0 fully saturated rings. The Bertz CT molecular complexity index is 6.00. The zero-order valence-electron chi connectivity index (χ0n) is 1.57. The molecule has 0 N–H and O–H groups in total. The predicted octanol–water partition coefficient (Wildman–Crippen LogP) is 0.770. The topological polar surface area (TPSA) is 9.23 Å². The molecule has 0 saturated heterocycles. The van der Waals surface area contributed by atoms with E-state index in [4.69, 9.17) is 9.05 Å². The van der Waals surface area contributed by atoms with E-state index in [2.05, 4.69) is 0 Å². The van der Waals surface area contributed by atoms with Crippen LogP contribution in [0.4, 0.5) is 9.05 Å². The first kappa shape index (κ1) is 8.82. The number of halogens is 2. The molecule has 0 atom stereocenters. The molecule has 4 heavy (non-hydrogen) atoms. The summed E-state index contributed by atoms with van der Waals surface area (Å²) in [6, 6.07) is 0. The van der Waals surface area contributed by atoms with E-state index >= 15 is 0 Å². The Morgan fingerprint density at radius 3 is 1.25 bits per heavy atom. The molecule has 0 radical (unpaired) electrons. The summed E-state index contributed by atoms with van der Waals surface area (Å²) in [5, 5.41) is 1.25. The third kappa shape index (κ3) is 22.1. The minimum absolute atomic E-state index is 0. The van der Waals surface area contributed by atoms with Gasteiger partial charge in [0.2, 0.25) is 0 Å². The molecule has 0 rings (SSSR count). The number of hydrogen-bond donors (Lipinski definition) is 0. The second-order valence-corrected chi connectivity index (χ2v) is 0.0583. The fraction of sp³-hybridized carbons (Fsp3) is 0. The van der Waals surface area contributed by atoms with Crippen LogP contribution >= 0.6 is 0 Å². The molecular weight excluding hydrogens is 150 g/mol. The molecule has 0 amide bonds. The molecule has 26 valence electrons. The van der Waals surface area contributed by atoms with Crippen LogP contribution in [0.3, 0.4) is 0 Å². The summed E-state index contributed by atoms with van der Waals surface area (Å²) < 4.78 is 18.2. The Labute approximate surface area is 36.0 Å². The molecule has 0 heterocycles. The second-order valence-electron chi connectivity index (χ2n) is 0.0583. The monoisotopic (exact) mass is 152 g/mol. The van der Waals surface area contributed by atoms with Crippen LogP contribution in [0.25, 0.3) is 0 Å². The Morgan fingerprint density at radius 2 is 1.25 bits per heavy atom. The van der Waals surface area contributed by atoms with Crippen molar-refractivity contribution in [2.75, 3.05) is 0 Å². The zero-order valence-corrected chi connectivity index (χ0v) is 3.58. The van der Waals surface area contributed by atoms with Crippen LogP contribution in [0, 0.1) is 0 Å². The van der Waals surface area contributed by atoms with Gasteiger partial charge in [0, 0.05) is 26.2 Å². The van der Waals surface area contributed by atoms with Gasteiger partial charge in [-0.3, -0.25) is 0 Å². The van der Waals surface area contributed by atoms with Gasteiger partial charge in [-0.15, -0.1) is 0 Å². The summed E-state index contributed by atoms with van der Waals surface area (Å²) in [5.74, 6) is 0. The van der Waals surface area contributed by atoms with E-state index in [0.29, 0.717) is 0 Å². The predicted molar refractivity (Wildman–Crippen MR) is 3.30 cm³/mol. The summed E-state index contributed by atoms with van der Waals surface area (Å²) >= 11 is 0. The van der Waals surface area contributed by atoms with Crippen molar-refractivity contribution in [3.8, 4) is 0 Å². The van der Waals surface area contributed by atoms with Crippen LogP contribution in [-0.4, -0.2) is 0 Å². The van der Waals surface area contributed by atoms with Gasteiger partial charge in [0.25, 0.3) is 0 Å². The van der Waals surface area contributed by atoms with Gasteiger partial charge in [-0.25, -0.2) is 0 Å². The van der Waals surface area contributed by atoms with E-state index < -0.39 is 0 Å². The van der Waals surface area contributed by atoms with Crippen molar-refractivity contribution < 1.29 is 35.3 Å². The largest absolute Gasteiger partial charge is 0.0209 e. The normalized spacial score (nSPS) is 4.50. The molecule has 0 aromatic rings. The minimum atomic E-state index is 0. The van der Waals surface area contributed by atoms with Crippen LogP contribution in [0.5, 0.6) is 0 Å². The van der Waals surface area contributed by atoms with Crippen molar-refractivity contribution in [3.05, 3.63) is 0 Å². The van der Waals surface area contributed by atoms with Gasteiger partial charge in [-0.1, -0.05) is 0 Å². The summed E-state index contributed by atoms with van der Waals surface area (Å²) in [5.41, 5.74) is 0. The van der Waals surface area contributed by atoms with E-state index in [1.165, 1.54) is 5.15 Å². The van der Waals surface area contributed by atoms with Crippen molar-refractivity contribution in [3.63, 3.8) is 0 Å². The molecule has 0 unspecified atom stereocenters. The van der Waals surface area contributed by atoms with E-state index in [-0.39, 0.29) is 21.1 Å². The summed E-state index contributed by atoms with van der Waals surface area (Å²) in [7, 11) is 0. The first-order chi connectivity index (χ1) is 1.41. The quantitative estimate of drug-likeness (QED) is 0.463. The first-order valence-electron chi connectivity index (χ1n) is 0.309. The van der Waals surface area contributed by atoms with Gasteiger partial charge in [0.15, 0.2) is 0 Å². The van der Waals surface area contributed by atoms with E-state index in [1.807, 2.05) is 0 Å². The third-order valence-corrected chi connectivity index (χ3v) is 0. The average molecular weight is 150 g/mol. The van der Waals surface area contributed by atoms with Gasteiger partial charge in [0.1, 0.15) is 0 Å². The van der Waals surface area contributed by atoms with Crippen molar-refractivity contribution in [1.82, 2.24) is 0 Å². The molecule has 0 spiro atoms. The van der Waals surface area contributed by atoms with Crippen LogP contribution in [-0.2, 0) is 26.2 Å². The van der Waals surface area contributed by atoms with Gasteiger partial charge in [-0.05, 0) is 9.05 Å². The maximum atomic E-state index is 9.12. The fourth-order valence-corrected chi connectivity index (χ4v) is 0. The SMILES string of the molecule is FOF.[Mo]. The molecule has 0 aliphatic carbocycles. The van der Waals surface area contributed by atoms with Crippen molar-refractivity contribution in [2.24, 2.45) is 0 Å². The molecule has 4 heteroatoms. The average Bonchev–Trinajstić information content (AvgIpc) is 0.918. The van der Waals surface area contributed by atoms with Gasteiger partial charge < -0.3 is 0 Å². The van der Waals surface area contributed by atoms with Gasteiger partial charge in [0.05, 0.1) is 0 Å². The Hall–Kier alpha value is 0.508. The van der Waals surface area contributed by atoms with Gasteiger partial charge in [-0.2, -0.15) is 0 Å². The minimum Gasteiger partial charge on any atom is -0.0104 e. The van der Waals surface area contributed by atoms with Crippen molar-refractivity contribution in [2.45, 2.75) is 0 Å². The Kier molecular flexibility index (Phi) is 21.4. The standard InChI is InChI=1S/F2O.Mo/c1-3-2;. The Morgan fingerprint density at radius 1 is 1.25 bits per heavy atom. The maximum Gasteiger partial charge on any atom is 0.0209 e.